The van der Waals surface area contributed by atoms with Gasteiger partial charge >= 0.3 is 5.97 Å². The molecule has 0 aliphatic carbocycles. The molecule has 0 spiro atoms. The Hall–Kier alpha value is -0.590. The molecule has 6 heteroatoms. The van der Waals surface area contributed by atoms with Crippen LogP contribution >= 0.6 is 23.1 Å². The van der Waals surface area contributed by atoms with Gasteiger partial charge in [0.1, 0.15) is 0 Å². The van der Waals surface area contributed by atoms with Crippen molar-refractivity contribution in [1.29, 1.82) is 0 Å². The molecule has 82 valence electrons. The Morgan fingerprint density at radius 3 is 2.87 bits per heavy atom. The minimum Gasteiger partial charge on any atom is -0.476 e. The summed E-state index contributed by atoms with van der Waals surface area (Å²) in [6.45, 7) is 2.93. The zero-order chi connectivity index (χ0) is 10.7. The zero-order valence-electron chi connectivity index (χ0n) is 8.18. The number of hydrogen-bond donors (Lipinski definition) is 1. The molecule has 0 saturated carbocycles. The summed E-state index contributed by atoms with van der Waals surface area (Å²) in [4.78, 5) is 17.0. The van der Waals surface area contributed by atoms with Gasteiger partial charge in [-0.15, -0.1) is 11.3 Å². The van der Waals surface area contributed by atoms with Gasteiger partial charge in [-0.3, -0.25) is 4.90 Å². The fourth-order valence-corrected chi connectivity index (χ4v) is 3.09. The van der Waals surface area contributed by atoms with Crippen LogP contribution in [0, 0.1) is 0 Å². The van der Waals surface area contributed by atoms with Crippen LogP contribution in [0.2, 0.25) is 0 Å². The van der Waals surface area contributed by atoms with Crippen molar-refractivity contribution in [3.63, 3.8) is 0 Å². The van der Waals surface area contributed by atoms with Crippen molar-refractivity contribution in [2.45, 2.75) is 6.54 Å². The molecule has 1 aromatic heterocycles. The van der Waals surface area contributed by atoms with Crippen molar-refractivity contribution in [1.82, 2.24) is 9.88 Å². The summed E-state index contributed by atoms with van der Waals surface area (Å²) in [6.07, 6.45) is 0. The summed E-state index contributed by atoms with van der Waals surface area (Å²) in [6, 6.07) is 0. The van der Waals surface area contributed by atoms with Crippen LogP contribution in [-0.4, -0.2) is 45.6 Å². The molecule has 1 fully saturated rings. The number of hydrogen-bond acceptors (Lipinski definition) is 5. The van der Waals surface area contributed by atoms with Gasteiger partial charge in [0.15, 0.2) is 0 Å². The van der Waals surface area contributed by atoms with Gasteiger partial charge in [-0.1, -0.05) is 0 Å². The lowest BCUT2D eigenvalue weighted by atomic mass is 10.4. The zero-order valence-corrected chi connectivity index (χ0v) is 9.81. The highest BCUT2D eigenvalue weighted by atomic mass is 32.2. The van der Waals surface area contributed by atoms with Gasteiger partial charge in [0.25, 0.3) is 0 Å². The minimum absolute atomic E-state index is 0.191. The van der Waals surface area contributed by atoms with Gasteiger partial charge in [-0.2, -0.15) is 11.8 Å². The SMILES string of the molecule is O=C(O)c1nc(CN2CCSCC2)cs1. The molecular weight excluding hydrogens is 232 g/mol. The molecule has 1 aliphatic rings. The van der Waals surface area contributed by atoms with E-state index in [1.54, 1.807) is 0 Å². The van der Waals surface area contributed by atoms with E-state index >= 15 is 0 Å². The Morgan fingerprint density at radius 1 is 1.53 bits per heavy atom. The summed E-state index contributed by atoms with van der Waals surface area (Å²) < 4.78 is 0. The van der Waals surface area contributed by atoms with Gasteiger partial charge in [-0.05, 0) is 0 Å². The van der Waals surface area contributed by atoms with E-state index in [0.717, 1.165) is 36.8 Å². The first-order valence-electron chi connectivity index (χ1n) is 4.73. The highest BCUT2D eigenvalue weighted by Crippen LogP contribution is 2.15. The lowest BCUT2D eigenvalue weighted by Crippen LogP contribution is -2.32. The molecule has 0 aromatic carbocycles. The Morgan fingerprint density at radius 2 is 2.27 bits per heavy atom. The van der Waals surface area contributed by atoms with Crippen LogP contribution in [0.4, 0.5) is 0 Å². The van der Waals surface area contributed by atoms with E-state index in [4.69, 9.17) is 5.11 Å². The molecule has 1 N–H and O–H groups in total. The lowest BCUT2D eigenvalue weighted by molar-refractivity contribution is 0.0696. The maximum absolute atomic E-state index is 10.6. The fraction of sp³-hybridized carbons (Fsp3) is 0.556. The molecule has 0 bridgehead atoms. The molecule has 2 rings (SSSR count). The van der Waals surface area contributed by atoms with E-state index in [1.165, 1.54) is 11.3 Å². The molecule has 0 atom stereocenters. The Kier molecular flexibility index (Phi) is 3.61. The summed E-state index contributed by atoms with van der Waals surface area (Å²) in [7, 11) is 0. The minimum atomic E-state index is -0.930. The number of thioether (sulfide) groups is 1. The van der Waals surface area contributed by atoms with Crippen LogP contribution < -0.4 is 0 Å². The van der Waals surface area contributed by atoms with Gasteiger partial charge in [-0.25, -0.2) is 9.78 Å². The van der Waals surface area contributed by atoms with Crippen molar-refractivity contribution in [2.75, 3.05) is 24.6 Å². The van der Waals surface area contributed by atoms with Crippen molar-refractivity contribution >= 4 is 29.1 Å². The lowest BCUT2D eigenvalue weighted by Gasteiger charge is -2.25. The standard InChI is InChI=1S/C9H12N2O2S2/c12-9(13)8-10-7(6-15-8)5-11-1-3-14-4-2-11/h6H,1-5H2,(H,12,13). The fourth-order valence-electron chi connectivity index (χ4n) is 1.47. The average molecular weight is 244 g/mol. The molecule has 0 radical (unpaired) electrons. The molecule has 2 heterocycles. The quantitative estimate of drug-likeness (QED) is 0.871. The third-order valence-corrected chi connectivity index (χ3v) is 4.05. The Bertz CT molecular complexity index is 348. The molecule has 1 aliphatic heterocycles. The number of aromatic carboxylic acids is 1. The third-order valence-electron chi connectivity index (χ3n) is 2.22. The highest BCUT2D eigenvalue weighted by Gasteiger charge is 2.14. The van der Waals surface area contributed by atoms with Gasteiger partial charge in [0.05, 0.1) is 5.69 Å². The predicted octanol–water partition coefficient (Wildman–Crippen LogP) is 1.39. The normalized spacial score (nSPS) is 17.9. The molecule has 1 aromatic rings. The number of carboxylic acids is 1. The maximum atomic E-state index is 10.6. The second-order valence-electron chi connectivity index (χ2n) is 3.34. The van der Waals surface area contributed by atoms with Crippen LogP contribution in [0.25, 0.3) is 0 Å². The number of carboxylic acid groups (broad SMARTS) is 1. The van der Waals surface area contributed by atoms with E-state index in [1.807, 2.05) is 17.1 Å². The van der Waals surface area contributed by atoms with E-state index in [2.05, 4.69) is 9.88 Å². The topological polar surface area (TPSA) is 53.4 Å². The number of nitrogens with zero attached hydrogens (tertiary/aromatic N) is 2. The first-order chi connectivity index (χ1) is 7.25. The smallest absolute Gasteiger partial charge is 0.365 e. The second kappa shape index (κ2) is 4.96. The van der Waals surface area contributed by atoms with E-state index in [0.29, 0.717) is 0 Å². The molecule has 4 nitrogen and oxygen atoms in total. The molecule has 15 heavy (non-hydrogen) atoms. The van der Waals surface area contributed by atoms with Crippen LogP contribution in [0.3, 0.4) is 0 Å². The first kappa shape index (κ1) is 10.9. The van der Waals surface area contributed by atoms with Crippen molar-refractivity contribution in [2.24, 2.45) is 0 Å². The number of rotatable bonds is 3. The summed E-state index contributed by atoms with van der Waals surface area (Å²) in [5, 5.41) is 10.8. The maximum Gasteiger partial charge on any atom is 0.365 e. The summed E-state index contributed by atoms with van der Waals surface area (Å²) >= 11 is 3.17. The van der Waals surface area contributed by atoms with Gasteiger partial charge < -0.3 is 5.11 Å². The highest BCUT2D eigenvalue weighted by molar-refractivity contribution is 7.99. The predicted molar refractivity (Wildman–Crippen MR) is 61.7 cm³/mol. The third kappa shape index (κ3) is 2.93. The van der Waals surface area contributed by atoms with Crippen LogP contribution in [0.5, 0.6) is 0 Å². The average Bonchev–Trinajstić information content (AvgIpc) is 2.68. The molecule has 1 saturated heterocycles. The van der Waals surface area contributed by atoms with Crippen molar-refractivity contribution < 1.29 is 9.90 Å². The van der Waals surface area contributed by atoms with Crippen molar-refractivity contribution in [3.8, 4) is 0 Å². The second-order valence-corrected chi connectivity index (χ2v) is 5.42. The number of thiazole rings is 1. The van der Waals surface area contributed by atoms with E-state index in [9.17, 15) is 4.79 Å². The summed E-state index contributed by atoms with van der Waals surface area (Å²) in [5.41, 5.74) is 0.879. The first-order valence-corrected chi connectivity index (χ1v) is 6.77. The molecule has 0 amide bonds. The Labute approximate surface area is 96.3 Å². The number of carbonyl (C=O) groups is 1. The van der Waals surface area contributed by atoms with E-state index < -0.39 is 5.97 Å². The summed E-state index contributed by atoms with van der Waals surface area (Å²) in [5.74, 6) is 1.40. The van der Waals surface area contributed by atoms with Crippen LogP contribution in [0.1, 0.15) is 15.5 Å². The van der Waals surface area contributed by atoms with Gasteiger partial charge in [0.2, 0.25) is 5.01 Å². The van der Waals surface area contributed by atoms with E-state index in [-0.39, 0.29) is 5.01 Å². The largest absolute Gasteiger partial charge is 0.476 e. The molecule has 0 unspecified atom stereocenters. The Balaban J connectivity index is 1.94. The van der Waals surface area contributed by atoms with Crippen molar-refractivity contribution in [3.05, 3.63) is 16.1 Å². The number of aromatic nitrogens is 1. The van der Waals surface area contributed by atoms with Crippen LogP contribution in [-0.2, 0) is 6.54 Å². The van der Waals surface area contributed by atoms with Gasteiger partial charge in [0, 0.05) is 36.5 Å². The monoisotopic (exact) mass is 244 g/mol. The van der Waals surface area contributed by atoms with Crippen LogP contribution in [0.15, 0.2) is 5.38 Å². The molecular formula is C9H12N2O2S2.